The van der Waals surface area contributed by atoms with Crippen LogP contribution < -0.4 is 9.64 Å². The normalized spacial score (nSPS) is 18.9. The minimum atomic E-state index is -0.887. The van der Waals surface area contributed by atoms with Crippen LogP contribution in [0.5, 0.6) is 11.8 Å². The molecule has 4 rings (SSSR count). The second-order valence-electron chi connectivity index (χ2n) is 9.98. The van der Waals surface area contributed by atoms with Crippen molar-refractivity contribution in [1.82, 2.24) is 19.8 Å². The Kier molecular flexibility index (Phi) is 9.45. The molecule has 11 heteroatoms. The minimum absolute atomic E-state index is 0.0204. The number of aliphatic hydroxyl groups excluding tert-OH is 1. The number of piperazine rings is 1. The molecular weight excluding hydrogens is 540 g/mol. The van der Waals surface area contributed by atoms with Crippen molar-refractivity contribution in [2.24, 2.45) is 0 Å². The predicted octanol–water partition coefficient (Wildman–Crippen LogP) is 5.06. The highest BCUT2D eigenvalue weighted by Crippen LogP contribution is 2.43. The average molecular weight is 576 g/mol. The fraction of sp³-hybridized carbons (Fsp3) is 0.448. The van der Waals surface area contributed by atoms with Gasteiger partial charge in [-0.25, -0.2) is 8.78 Å². The summed E-state index contributed by atoms with van der Waals surface area (Å²) in [5.74, 6) is -1.73. The molecule has 3 atom stereocenters. The van der Waals surface area contributed by atoms with Gasteiger partial charge in [-0.1, -0.05) is 38.1 Å². The standard InChI is InChI=1S/C29H36ClF2N5O3/c1-6-23(39)36-15-18(5)37(16-17(36)4)28-19-14-20(30)24(25-21(31)10-9-11-22(25)38)26(32)27(19)33-29(34-28)40-13-12-35(7-2)8-3/h6,9-11,14,17-18,23,38-39H,1,7-8,12-13,15-16H2,2-5H3/t17-,18+,23?/m1/s1. The first-order valence-electron chi connectivity index (χ1n) is 13.5. The first kappa shape index (κ1) is 29.9. The SMILES string of the molecule is C=CC(O)N1C[C@H](C)N(c2nc(OCCN(CC)CC)nc3c(F)c(-c4c(O)cccc4F)c(Cl)cc23)C[C@H]1C. The van der Waals surface area contributed by atoms with E-state index in [-0.39, 0.29) is 46.4 Å². The van der Waals surface area contributed by atoms with Crippen molar-refractivity contribution < 1.29 is 23.7 Å². The molecule has 1 fully saturated rings. The molecule has 1 unspecified atom stereocenters. The van der Waals surface area contributed by atoms with Gasteiger partial charge in [0.2, 0.25) is 0 Å². The van der Waals surface area contributed by atoms with E-state index in [0.29, 0.717) is 30.8 Å². The highest BCUT2D eigenvalue weighted by Gasteiger charge is 2.34. The quantitative estimate of drug-likeness (QED) is 0.325. The summed E-state index contributed by atoms with van der Waals surface area (Å²) < 4.78 is 37.0. The number of likely N-dealkylation sites (N-methyl/N-ethyl adjacent to an activating group) is 1. The molecule has 0 spiro atoms. The molecule has 8 nitrogen and oxygen atoms in total. The lowest BCUT2D eigenvalue weighted by Gasteiger charge is -2.46. The lowest BCUT2D eigenvalue weighted by Crippen LogP contribution is -2.59. The van der Waals surface area contributed by atoms with Crippen LogP contribution in [-0.4, -0.2) is 87.6 Å². The van der Waals surface area contributed by atoms with Crippen LogP contribution >= 0.6 is 11.6 Å². The number of rotatable bonds is 10. The van der Waals surface area contributed by atoms with Crippen LogP contribution in [-0.2, 0) is 0 Å². The zero-order chi connectivity index (χ0) is 29.1. The molecule has 1 saturated heterocycles. The van der Waals surface area contributed by atoms with E-state index < -0.39 is 23.6 Å². The van der Waals surface area contributed by atoms with Crippen molar-refractivity contribution in [3.63, 3.8) is 0 Å². The van der Waals surface area contributed by atoms with Gasteiger partial charge in [0.15, 0.2) is 5.82 Å². The van der Waals surface area contributed by atoms with E-state index in [1.165, 1.54) is 24.3 Å². The third-order valence-electron chi connectivity index (χ3n) is 7.47. The number of hydrogen-bond donors (Lipinski definition) is 2. The van der Waals surface area contributed by atoms with Crippen molar-refractivity contribution in [3.8, 4) is 22.9 Å². The van der Waals surface area contributed by atoms with Crippen LogP contribution in [0.1, 0.15) is 27.7 Å². The Bertz CT molecular complexity index is 1350. The van der Waals surface area contributed by atoms with Crippen LogP contribution in [0.4, 0.5) is 14.6 Å². The Labute approximate surface area is 238 Å². The van der Waals surface area contributed by atoms with Gasteiger partial charge in [0, 0.05) is 42.7 Å². The summed E-state index contributed by atoms with van der Waals surface area (Å²) in [7, 11) is 0. The molecular formula is C29H36ClF2N5O3. The number of nitrogens with zero attached hydrogens (tertiary/aromatic N) is 5. The van der Waals surface area contributed by atoms with Crippen molar-refractivity contribution >= 4 is 28.3 Å². The number of fused-ring (bicyclic) bond motifs is 1. The number of aliphatic hydroxyl groups is 1. The van der Waals surface area contributed by atoms with E-state index in [9.17, 15) is 14.6 Å². The van der Waals surface area contributed by atoms with Gasteiger partial charge in [0.25, 0.3) is 0 Å². The lowest BCUT2D eigenvalue weighted by atomic mass is 10.00. The van der Waals surface area contributed by atoms with Crippen LogP contribution in [0.25, 0.3) is 22.0 Å². The Morgan fingerprint density at radius 3 is 2.55 bits per heavy atom. The maximum absolute atomic E-state index is 16.3. The summed E-state index contributed by atoms with van der Waals surface area (Å²) in [5, 5.41) is 21.0. The third kappa shape index (κ3) is 5.85. The van der Waals surface area contributed by atoms with Crippen molar-refractivity contribution in [2.75, 3.05) is 44.2 Å². The average Bonchev–Trinajstić information content (AvgIpc) is 2.93. The van der Waals surface area contributed by atoms with Gasteiger partial charge in [-0.15, -0.1) is 0 Å². The number of halogens is 3. The van der Waals surface area contributed by atoms with Crippen LogP contribution in [0, 0.1) is 11.6 Å². The topological polar surface area (TPSA) is 85.2 Å². The number of ether oxygens (including phenoxy) is 1. The third-order valence-corrected chi connectivity index (χ3v) is 7.77. The zero-order valence-electron chi connectivity index (χ0n) is 23.2. The van der Waals surface area contributed by atoms with E-state index in [4.69, 9.17) is 21.3 Å². The zero-order valence-corrected chi connectivity index (χ0v) is 24.0. The van der Waals surface area contributed by atoms with E-state index in [2.05, 4.69) is 30.3 Å². The fourth-order valence-corrected chi connectivity index (χ4v) is 5.48. The molecule has 2 N–H and O–H groups in total. The Morgan fingerprint density at radius 2 is 1.90 bits per heavy atom. The number of anilines is 1. The number of phenols is 1. The molecule has 2 heterocycles. The first-order valence-corrected chi connectivity index (χ1v) is 13.8. The predicted molar refractivity (Wildman–Crippen MR) is 154 cm³/mol. The lowest BCUT2D eigenvalue weighted by molar-refractivity contribution is 0.0000343. The highest BCUT2D eigenvalue weighted by molar-refractivity contribution is 6.34. The van der Waals surface area contributed by atoms with Gasteiger partial charge in [-0.2, -0.15) is 9.97 Å². The Hall–Kier alpha value is -3.05. The van der Waals surface area contributed by atoms with Gasteiger partial charge < -0.3 is 24.7 Å². The largest absolute Gasteiger partial charge is 0.507 e. The van der Waals surface area contributed by atoms with Crippen molar-refractivity contribution in [1.29, 1.82) is 0 Å². The monoisotopic (exact) mass is 575 g/mol. The summed E-state index contributed by atoms with van der Waals surface area (Å²) in [6, 6.07) is 4.98. The van der Waals surface area contributed by atoms with E-state index in [1.807, 2.05) is 23.6 Å². The van der Waals surface area contributed by atoms with Gasteiger partial charge >= 0.3 is 6.01 Å². The molecule has 3 aromatic rings. The summed E-state index contributed by atoms with van der Waals surface area (Å²) in [6.07, 6.45) is 0.680. The molecule has 2 aromatic carbocycles. The van der Waals surface area contributed by atoms with Crippen molar-refractivity contribution in [3.05, 3.63) is 53.6 Å². The molecule has 0 saturated carbocycles. The molecule has 1 aliphatic heterocycles. The summed E-state index contributed by atoms with van der Waals surface area (Å²) in [4.78, 5) is 15.2. The summed E-state index contributed by atoms with van der Waals surface area (Å²) in [5.41, 5.74) is -0.729. The Morgan fingerprint density at radius 1 is 1.18 bits per heavy atom. The fourth-order valence-electron chi connectivity index (χ4n) is 5.19. The van der Waals surface area contributed by atoms with Crippen LogP contribution in [0.15, 0.2) is 36.9 Å². The second kappa shape index (κ2) is 12.6. The number of benzene rings is 2. The first-order chi connectivity index (χ1) is 19.1. The van der Waals surface area contributed by atoms with Gasteiger partial charge in [0.1, 0.15) is 35.7 Å². The number of aromatic nitrogens is 2. The molecule has 1 aliphatic rings. The van der Waals surface area contributed by atoms with Gasteiger partial charge in [-0.05, 0) is 51.2 Å². The number of aromatic hydroxyl groups is 1. The molecule has 0 amide bonds. The maximum atomic E-state index is 16.3. The molecule has 1 aromatic heterocycles. The molecule has 0 aliphatic carbocycles. The summed E-state index contributed by atoms with van der Waals surface area (Å²) in [6.45, 7) is 15.3. The molecule has 0 radical (unpaired) electrons. The molecule has 40 heavy (non-hydrogen) atoms. The number of phenolic OH excluding ortho intramolecular Hbond substituents is 1. The molecule has 216 valence electrons. The van der Waals surface area contributed by atoms with E-state index >= 15 is 4.39 Å². The molecule has 0 bridgehead atoms. The smallest absolute Gasteiger partial charge is 0.319 e. The summed E-state index contributed by atoms with van der Waals surface area (Å²) >= 11 is 6.56. The van der Waals surface area contributed by atoms with E-state index in [0.717, 1.165) is 19.2 Å². The second-order valence-corrected chi connectivity index (χ2v) is 10.4. The van der Waals surface area contributed by atoms with Crippen molar-refractivity contribution in [2.45, 2.75) is 46.0 Å². The van der Waals surface area contributed by atoms with Crippen LogP contribution in [0.2, 0.25) is 5.02 Å². The number of hydrogen-bond acceptors (Lipinski definition) is 8. The van der Waals surface area contributed by atoms with E-state index in [1.54, 1.807) is 0 Å². The van der Waals surface area contributed by atoms with Gasteiger partial charge in [0.05, 0.1) is 10.6 Å². The maximum Gasteiger partial charge on any atom is 0.319 e. The van der Waals surface area contributed by atoms with Gasteiger partial charge in [-0.3, -0.25) is 4.90 Å². The minimum Gasteiger partial charge on any atom is -0.507 e. The highest BCUT2D eigenvalue weighted by atomic mass is 35.5. The van der Waals surface area contributed by atoms with Crippen LogP contribution in [0.3, 0.4) is 0 Å². The Balaban J connectivity index is 1.86.